The lowest BCUT2D eigenvalue weighted by Gasteiger charge is -2.43. The molecule has 0 saturated carbocycles. The number of hydrogen-bond donors (Lipinski definition) is 1. The molecule has 4 rings (SSSR count). The number of ether oxygens (including phenoxy) is 1. The van der Waals surface area contributed by atoms with Crippen LogP contribution in [0.2, 0.25) is 0 Å². The molecule has 1 aromatic carbocycles. The number of carbonyl (C=O) groups excluding carboxylic acids is 1. The van der Waals surface area contributed by atoms with E-state index in [2.05, 4.69) is 54.5 Å². The summed E-state index contributed by atoms with van der Waals surface area (Å²) in [5.74, 6) is 1.76. The van der Waals surface area contributed by atoms with Crippen LogP contribution in [0, 0.1) is 11.8 Å². The highest BCUT2D eigenvalue weighted by atomic mass is 16.5. The second kappa shape index (κ2) is 10.2. The zero-order valence-corrected chi connectivity index (χ0v) is 19.5. The van der Waals surface area contributed by atoms with Crippen LogP contribution in [0.15, 0.2) is 70.7 Å². The minimum Gasteiger partial charge on any atom is -0.497 e. The first-order chi connectivity index (χ1) is 15.6. The van der Waals surface area contributed by atoms with Crippen LogP contribution in [0.4, 0.5) is 0 Å². The molecule has 1 heterocycles. The number of nitrogens with one attached hydrogen (secondary N) is 1. The molecule has 0 aromatic heterocycles. The van der Waals surface area contributed by atoms with Gasteiger partial charge in [0.2, 0.25) is 5.91 Å². The third-order valence-electron chi connectivity index (χ3n) is 6.78. The van der Waals surface area contributed by atoms with Crippen LogP contribution in [0.3, 0.4) is 0 Å². The highest BCUT2D eigenvalue weighted by molar-refractivity contribution is 5.94. The number of carbonyl (C=O) groups is 1. The topological polar surface area (TPSA) is 53.9 Å². The summed E-state index contributed by atoms with van der Waals surface area (Å²) in [6.07, 6.45) is 12.6. The van der Waals surface area contributed by atoms with E-state index in [1.165, 1.54) is 17.0 Å². The maximum atomic E-state index is 12.8. The Hall–Kier alpha value is -2.82. The molecule has 5 heteroatoms. The van der Waals surface area contributed by atoms with Crippen molar-refractivity contribution in [2.24, 2.45) is 16.8 Å². The number of rotatable bonds is 8. The predicted molar refractivity (Wildman–Crippen MR) is 129 cm³/mol. The van der Waals surface area contributed by atoms with Crippen molar-refractivity contribution in [3.8, 4) is 0 Å². The van der Waals surface area contributed by atoms with E-state index in [4.69, 9.17) is 9.73 Å². The lowest BCUT2D eigenvalue weighted by molar-refractivity contribution is -0.122. The van der Waals surface area contributed by atoms with E-state index in [1.807, 2.05) is 18.2 Å². The minimum absolute atomic E-state index is 0.101. The first-order valence-electron chi connectivity index (χ1n) is 11.9. The molecule has 3 unspecified atom stereocenters. The summed E-state index contributed by atoms with van der Waals surface area (Å²) in [7, 11) is 3.83. The maximum absolute atomic E-state index is 12.8. The molecular weight excluding hydrogens is 398 g/mol. The molecular formula is C27H35N3O2. The van der Waals surface area contributed by atoms with Crippen LogP contribution in [0.25, 0.3) is 0 Å². The zero-order valence-electron chi connectivity index (χ0n) is 19.5. The largest absolute Gasteiger partial charge is 0.497 e. The first kappa shape index (κ1) is 22.4. The van der Waals surface area contributed by atoms with Crippen molar-refractivity contribution in [3.05, 3.63) is 71.3 Å². The molecule has 0 bridgehead atoms. The molecule has 32 heavy (non-hydrogen) atoms. The Morgan fingerprint density at radius 3 is 2.81 bits per heavy atom. The number of hydrogen-bond acceptors (Lipinski definition) is 4. The fourth-order valence-electron chi connectivity index (χ4n) is 5.07. The summed E-state index contributed by atoms with van der Waals surface area (Å²) in [6, 6.07) is 10.4. The van der Waals surface area contributed by atoms with Gasteiger partial charge in [0, 0.05) is 25.1 Å². The summed E-state index contributed by atoms with van der Waals surface area (Å²) in [4.78, 5) is 20.2. The lowest BCUT2D eigenvalue weighted by Crippen LogP contribution is -2.53. The average molecular weight is 434 g/mol. The molecule has 1 aromatic rings. The molecule has 0 saturated heterocycles. The van der Waals surface area contributed by atoms with E-state index < -0.39 is 0 Å². The Morgan fingerprint density at radius 2 is 2.06 bits per heavy atom. The summed E-state index contributed by atoms with van der Waals surface area (Å²) >= 11 is 0. The Balaban J connectivity index is 1.45. The van der Waals surface area contributed by atoms with E-state index in [1.54, 1.807) is 7.11 Å². The van der Waals surface area contributed by atoms with Crippen molar-refractivity contribution in [2.45, 2.75) is 58.0 Å². The second-order valence-corrected chi connectivity index (χ2v) is 8.97. The Labute approximate surface area is 191 Å². The number of fused-ring (bicyclic) bond motifs is 2. The second-order valence-electron chi connectivity index (χ2n) is 8.97. The van der Waals surface area contributed by atoms with E-state index in [-0.39, 0.29) is 18.0 Å². The van der Waals surface area contributed by atoms with Crippen LogP contribution in [0.5, 0.6) is 0 Å². The van der Waals surface area contributed by atoms with Crippen molar-refractivity contribution in [3.63, 3.8) is 0 Å². The number of allylic oxidation sites excluding steroid dienone is 4. The van der Waals surface area contributed by atoms with Crippen LogP contribution in [-0.2, 0) is 16.0 Å². The Kier molecular flexibility index (Phi) is 7.13. The number of nitrogens with zero attached hydrogens (tertiary/aromatic N) is 2. The number of aryl methyl sites for hydroxylation is 1. The summed E-state index contributed by atoms with van der Waals surface area (Å²) in [5, 5.41) is 3.28. The van der Waals surface area contributed by atoms with Gasteiger partial charge in [0.05, 0.1) is 18.5 Å². The molecule has 1 amide bonds. The van der Waals surface area contributed by atoms with Crippen molar-refractivity contribution in [2.75, 3.05) is 14.2 Å². The van der Waals surface area contributed by atoms with Gasteiger partial charge < -0.3 is 15.0 Å². The quantitative estimate of drug-likeness (QED) is 0.629. The fourth-order valence-corrected chi connectivity index (χ4v) is 5.07. The van der Waals surface area contributed by atoms with Gasteiger partial charge >= 0.3 is 0 Å². The third-order valence-corrected chi connectivity index (χ3v) is 6.78. The SMILES string of the molecule is CCCC1=NC2=C(CCC3C=C(OC)C=CC23)N(C)C1NC(=O)CCCc1ccccc1. The number of aliphatic imine (C=N–C) groups is 1. The van der Waals surface area contributed by atoms with Crippen molar-refractivity contribution < 1.29 is 9.53 Å². The predicted octanol–water partition coefficient (Wildman–Crippen LogP) is 4.98. The third kappa shape index (κ3) is 4.82. The molecule has 170 valence electrons. The van der Waals surface area contributed by atoms with Gasteiger partial charge in [-0.05, 0) is 55.7 Å². The Bertz CT molecular complexity index is 945. The van der Waals surface area contributed by atoms with Crippen molar-refractivity contribution >= 4 is 11.6 Å². The van der Waals surface area contributed by atoms with Gasteiger partial charge in [0.25, 0.3) is 0 Å². The summed E-state index contributed by atoms with van der Waals surface area (Å²) in [6.45, 7) is 2.17. The lowest BCUT2D eigenvalue weighted by atomic mass is 9.76. The molecule has 0 spiro atoms. The van der Waals surface area contributed by atoms with Gasteiger partial charge in [-0.25, -0.2) is 0 Å². The van der Waals surface area contributed by atoms with Gasteiger partial charge in [-0.1, -0.05) is 49.8 Å². The molecule has 0 radical (unpaired) electrons. The molecule has 3 aliphatic rings. The van der Waals surface area contributed by atoms with Gasteiger partial charge in [-0.3, -0.25) is 9.79 Å². The minimum atomic E-state index is -0.146. The van der Waals surface area contributed by atoms with Crippen LogP contribution < -0.4 is 5.32 Å². The standard InChI is InChI=1S/C27H35N3O2/c1-4-9-23-27(29-25(31)13-8-12-19-10-6-5-7-11-19)30(2)24-17-14-20-18-21(32-3)15-16-22(20)26(24)28-23/h5-7,10-11,15-16,18,20,22,27H,4,8-9,12-14,17H2,1-3H3,(H,29,31). The number of methoxy groups -OCH3 is 1. The average Bonchev–Trinajstić information content (AvgIpc) is 2.81. The van der Waals surface area contributed by atoms with E-state index >= 15 is 0 Å². The van der Waals surface area contributed by atoms with E-state index in [9.17, 15) is 4.79 Å². The molecule has 1 aliphatic heterocycles. The molecule has 0 fully saturated rings. The molecule has 2 aliphatic carbocycles. The molecule has 3 atom stereocenters. The van der Waals surface area contributed by atoms with Crippen LogP contribution in [-0.4, -0.2) is 36.8 Å². The fraction of sp³-hybridized carbons (Fsp3) is 0.481. The van der Waals surface area contributed by atoms with E-state index in [0.717, 1.165) is 50.0 Å². The van der Waals surface area contributed by atoms with Crippen molar-refractivity contribution in [1.29, 1.82) is 0 Å². The highest BCUT2D eigenvalue weighted by Crippen LogP contribution is 2.43. The van der Waals surface area contributed by atoms with Gasteiger partial charge in [0.1, 0.15) is 11.9 Å². The van der Waals surface area contributed by atoms with Gasteiger partial charge in [-0.2, -0.15) is 0 Å². The smallest absolute Gasteiger partial charge is 0.221 e. The maximum Gasteiger partial charge on any atom is 0.221 e. The summed E-state index contributed by atoms with van der Waals surface area (Å²) < 4.78 is 5.44. The number of benzene rings is 1. The van der Waals surface area contributed by atoms with Crippen LogP contribution in [0.1, 0.15) is 51.0 Å². The highest BCUT2D eigenvalue weighted by Gasteiger charge is 2.38. The van der Waals surface area contributed by atoms with Crippen LogP contribution >= 0.6 is 0 Å². The summed E-state index contributed by atoms with van der Waals surface area (Å²) in [5.41, 5.74) is 4.78. The Morgan fingerprint density at radius 1 is 1.25 bits per heavy atom. The van der Waals surface area contributed by atoms with Gasteiger partial charge in [0.15, 0.2) is 0 Å². The molecule has 1 N–H and O–H groups in total. The molecule has 5 nitrogen and oxygen atoms in total. The first-order valence-corrected chi connectivity index (χ1v) is 11.9. The zero-order chi connectivity index (χ0) is 22.5. The van der Waals surface area contributed by atoms with Crippen molar-refractivity contribution in [1.82, 2.24) is 10.2 Å². The monoisotopic (exact) mass is 433 g/mol. The van der Waals surface area contributed by atoms with E-state index in [0.29, 0.717) is 12.3 Å². The number of amides is 1. The van der Waals surface area contributed by atoms with Gasteiger partial charge in [-0.15, -0.1) is 0 Å². The normalized spacial score (nSPS) is 24.3.